The quantitative estimate of drug-likeness (QED) is 0.100. The smallest absolute Gasteiger partial charge is 0.418 e. The van der Waals surface area contributed by atoms with Crippen molar-refractivity contribution in [2.24, 2.45) is 0 Å². The van der Waals surface area contributed by atoms with E-state index in [1.807, 2.05) is 23.1 Å². The third kappa shape index (κ3) is 14.2. The number of rotatable bonds is 9. The Balaban J connectivity index is 0.000000272. The molecule has 2 saturated heterocycles. The minimum atomic E-state index is -1.42. The van der Waals surface area contributed by atoms with Gasteiger partial charge in [-0.3, -0.25) is 24.5 Å². The summed E-state index contributed by atoms with van der Waals surface area (Å²) in [6, 6.07) is 26.8. The number of hydrogen-bond donors (Lipinski definition) is 5. The fourth-order valence-corrected chi connectivity index (χ4v) is 11.6. The predicted molar refractivity (Wildman–Crippen MR) is 325 cm³/mol. The Labute approximate surface area is 497 Å². The van der Waals surface area contributed by atoms with Crippen molar-refractivity contribution in [3.8, 4) is 0 Å². The van der Waals surface area contributed by atoms with E-state index in [-0.39, 0.29) is 90.4 Å². The highest BCUT2D eigenvalue weighted by Gasteiger charge is 2.59. The molecular weight excluding hydrogens is 1150 g/mol. The Morgan fingerprint density at radius 2 is 1.06 bits per heavy atom. The molecule has 0 saturated carbocycles. The van der Waals surface area contributed by atoms with E-state index in [1.165, 1.54) is 30.8 Å². The topological polar surface area (TPSA) is 225 Å². The third-order valence-corrected chi connectivity index (χ3v) is 15.5. The van der Waals surface area contributed by atoms with Crippen LogP contribution in [-0.2, 0) is 78.6 Å². The first-order chi connectivity index (χ1) is 36.2. The molecule has 2 aliphatic carbocycles. The van der Waals surface area contributed by atoms with E-state index in [0.29, 0.717) is 66.1 Å². The maximum Gasteiger partial charge on any atom is 0.418 e. The zero-order valence-corrected chi connectivity index (χ0v) is 50.4. The van der Waals surface area contributed by atoms with Crippen LogP contribution in [0.1, 0.15) is 110 Å². The number of carbonyl (C=O) groups excluding carboxylic acids is 8. The van der Waals surface area contributed by atoms with Gasteiger partial charge in [0.1, 0.15) is 6.54 Å². The van der Waals surface area contributed by atoms with Crippen molar-refractivity contribution < 1.29 is 47.8 Å². The number of amides is 10. The van der Waals surface area contributed by atoms with Crippen LogP contribution in [0, 0.1) is 0 Å². The zero-order valence-electron chi connectivity index (χ0n) is 44.9. The second-order valence-electron chi connectivity index (χ2n) is 19.6. The summed E-state index contributed by atoms with van der Waals surface area (Å²) < 4.78 is 10.9. The Hall–Kier alpha value is -5.88. The van der Waals surface area contributed by atoms with Crippen LogP contribution >= 0.6 is 69.9 Å². The van der Waals surface area contributed by atoms with Crippen LogP contribution in [0.3, 0.4) is 0 Å². The van der Waals surface area contributed by atoms with Crippen LogP contribution in [0.2, 0.25) is 0 Å². The first-order valence-corrected chi connectivity index (χ1v) is 26.9. The lowest BCUT2D eigenvalue weighted by Crippen LogP contribution is -2.47. The number of hydrogen-bond acceptors (Lipinski definition) is 10. The summed E-state index contributed by atoms with van der Waals surface area (Å²) in [6.45, 7) is 5.18. The standard InChI is InChI=1S/C28H32N4O5.C15H20BrNO.C13H13N3O4.4H2S/c1-3-6-22-11-9-18-7-4-5-8-20(18)16-31(22)24(33)17-32-25(34)28(37-27(32)36)14-13-19-15-21(10-12-23(19)28)30-26(35)29-2;1-2-5-14-9-8-12-6-3-4-7-13(12)11-17(14)15(18)10-16;1-14-11(18)15-8-2-3-9-7(6-8)4-5-13(9)10(17)16-12(19)20-13;;;;/h4-5,7-8,10,12,15,22H,3,6,9,11,13-14,16-17H2,1-2H3,(H2,29,30,35);3-4,6-7,14H,2,5,8-11H2,1H3;2-3,6H,4-5H2,1H3,(H2,14,15,18)(H,16,17,19);4*1H2/t22-,28-;14-;13-;;;;/m000..../s1. The second-order valence-corrected chi connectivity index (χ2v) is 20.1. The van der Waals surface area contributed by atoms with Gasteiger partial charge in [-0.15, -0.1) is 0 Å². The fourth-order valence-electron chi connectivity index (χ4n) is 11.2. The molecule has 0 bridgehead atoms. The first kappa shape index (κ1) is 65.6. The molecule has 79 heavy (non-hydrogen) atoms. The molecule has 4 aromatic rings. The van der Waals surface area contributed by atoms with E-state index >= 15 is 0 Å². The van der Waals surface area contributed by atoms with Crippen molar-refractivity contribution in [1.82, 2.24) is 30.7 Å². The summed E-state index contributed by atoms with van der Waals surface area (Å²) in [5, 5.41) is 12.9. The number of halogens is 1. The van der Waals surface area contributed by atoms with Crippen LogP contribution in [0.5, 0.6) is 0 Å². The van der Waals surface area contributed by atoms with Gasteiger partial charge in [0.25, 0.3) is 11.8 Å². The monoisotopic (exact) mass is 1220 g/mol. The molecule has 0 unspecified atom stereocenters. The van der Waals surface area contributed by atoms with Crippen LogP contribution in [-0.4, -0.2) is 101 Å². The number of carbonyl (C=O) groups is 8. The van der Waals surface area contributed by atoms with Crippen LogP contribution in [0.25, 0.3) is 0 Å². The van der Waals surface area contributed by atoms with Gasteiger partial charge in [-0.05, 0) is 109 Å². The summed E-state index contributed by atoms with van der Waals surface area (Å²) in [5.74, 6) is -0.960. The van der Waals surface area contributed by atoms with Crippen molar-refractivity contribution in [2.45, 2.75) is 127 Å². The maximum atomic E-state index is 13.6. The molecule has 0 aromatic heterocycles. The number of fused-ring (bicyclic) bond motifs is 6. The SMILES string of the molecule is CCC[C@H]1CCc2ccccc2CN1C(=O)CBr.CCC[C@H]1CCc2ccccc2CN1C(=O)CN1C(=O)O[C@]2(CCc3cc(NC(=O)NC)ccc32)C1=O.CNC(=O)Nc1ccc2c(c1)CC[C@]21OC(=O)NC1=O.S.S.S.S. The number of imide groups is 2. The van der Waals surface area contributed by atoms with E-state index in [1.54, 1.807) is 36.4 Å². The molecule has 10 amide bonds. The summed E-state index contributed by atoms with van der Waals surface area (Å²) in [7, 11) is 3.05. The minimum Gasteiger partial charge on any atom is -0.427 e. The van der Waals surface area contributed by atoms with E-state index in [4.69, 9.17) is 9.47 Å². The molecule has 4 heterocycles. The van der Waals surface area contributed by atoms with Gasteiger partial charge in [0, 0.05) is 74.6 Å². The van der Waals surface area contributed by atoms with Gasteiger partial charge in [0.05, 0.1) is 5.33 Å². The number of ether oxygens (including phenoxy) is 2. The molecule has 10 rings (SSSR count). The molecule has 428 valence electrons. The number of alkyl carbamates (subject to hydrolysis) is 1. The van der Waals surface area contributed by atoms with Gasteiger partial charge in [0.15, 0.2) is 0 Å². The normalized spacial score (nSPS) is 20.7. The number of aryl methyl sites for hydroxylation is 4. The van der Waals surface area contributed by atoms with Gasteiger partial charge in [-0.2, -0.15) is 54.0 Å². The average molecular weight is 1230 g/mol. The summed E-state index contributed by atoms with van der Waals surface area (Å²) in [4.78, 5) is 103. The highest BCUT2D eigenvalue weighted by atomic mass is 79.9. The average Bonchev–Trinajstić information content (AvgIpc) is 4.18. The fraction of sp³-hybridized carbons (Fsp3) is 0.429. The van der Waals surface area contributed by atoms with Gasteiger partial charge < -0.3 is 40.5 Å². The van der Waals surface area contributed by atoms with E-state index in [9.17, 15) is 38.4 Å². The number of nitrogens with one attached hydrogen (secondary N) is 5. The van der Waals surface area contributed by atoms with Crippen molar-refractivity contribution in [1.29, 1.82) is 0 Å². The van der Waals surface area contributed by atoms with E-state index in [2.05, 4.69) is 91.6 Å². The van der Waals surface area contributed by atoms with Gasteiger partial charge in [-0.25, -0.2) is 24.1 Å². The Morgan fingerprint density at radius 1 is 0.608 bits per heavy atom. The molecule has 4 aliphatic heterocycles. The third-order valence-electron chi connectivity index (χ3n) is 15.1. The highest BCUT2D eigenvalue weighted by Crippen LogP contribution is 2.47. The van der Waals surface area contributed by atoms with Crippen molar-refractivity contribution in [3.05, 3.63) is 129 Å². The lowest BCUT2D eigenvalue weighted by Gasteiger charge is -2.31. The lowest BCUT2D eigenvalue weighted by molar-refractivity contribution is -0.143. The largest absolute Gasteiger partial charge is 0.427 e. The summed E-state index contributed by atoms with van der Waals surface area (Å²) >= 11 is 3.30. The Kier molecular flexibility index (Phi) is 24.1. The van der Waals surface area contributed by atoms with Crippen molar-refractivity contribution in [2.75, 3.05) is 36.6 Å². The molecule has 6 aliphatic rings. The molecule has 4 atom stereocenters. The van der Waals surface area contributed by atoms with E-state index in [0.717, 1.165) is 79.5 Å². The minimum absolute atomic E-state index is 0. The number of anilines is 2. The first-order valence-electron chi connectivity index (χ1n) is 25.8. The highest BCUT2D eigenvalue weighted by molar-refractivity contribution is 9.09. The molecule has 2 fully saturated rings. The molecule has 23 heteroatoms. The van der Waals surface area contributed by atoms with Crippen molar-refractivity contribution >= 4 is 129 Å². The lowest BCUT2D eigenvalue weighted by atomic mass is 9.94. The Morgan fingerprint density at radius 3 is 1.51 bits per heavy atom. The molecular formula is C56H73BrN8O10S4. The molecule has 0 radical (unpaired) electrons. The number of benzene rings is 4. The summed E-state index contributed by atoms with van der Waals surface area (Å²) in [5.41, 5.74) is 6.67. The molecule has 2 spiro atoms. The Bertz CT molecular complexity index is 2900. The van der Waals surface area contributed by atoms with Crippen LogP contribution in [0.15, 0.2) is 84.9 Å². The number of nitrogens with zero attached hydrogens (tertiary/aromatic N) is 3. The van der Waals surface area contributed by atoms with Gasteiger partial charge in [0.2, 0.25) is 23.0 Å². The summed E-state index contributed by atoms with van der Waals surface area (Å²) in [6.07, 6.45) is 8.30. The molecule has 4 aromatic carbocycles. The maximum absolute atomic E-state index is 13.6. The molecule has 5 N–H and O–H groups in total. The van der Waals surface area contributed by atoms with Crippen molar-refractivity contribution in [3.63, 3.8) is 0 Å². The second kappa shape index (κ2) is 29.0. The van der Waals surface area contributed by atoms with Crippen LogP contribution in [0.4, 0.5) is 30.6 Å². The number of alkyl halides is 1. The zero-order chi connectivity index (χ0) is 53.4. The van der Waals surface area contributed by atoms with Crippen LogP contribution < -0.4 is 26.6 Å². The molecule has 18 nitrogen and oxygen atoms in total. The predicted octanol–water partition coefficient (Wildman–Crippen LogP) is 8.52. The van der Waals surface area contributed by atoms with Gasteiger partial charge >= 0.3 is 24.2 Å². The van der Waals surface area contributed by atoms with E-state index < -0.39 is 35.2 Å². The van der Waals surface area contributed by atoms with Gasteiger partial charge in [-0.1, -0.05) is 103 Å². The number of urea groups is 2.